The Bertz CT molecular complexity index is 1260. The lowest BCUT2D eigenvalue weighted by Crippen LogP contribution is -2.38. The Kier molecular flexibility index (Phi) is 6.93. The summed E-state index contributed by atoms with van der Waals surface area (Å²) in [4.78, 5) is 36.4. The maximum Gasteiger partial charge on any atom is 0.411 e. The number of rotatable bonds is 7. The number of hydrogen-bond donors (Lipinski definition) is 3. The fourth-order valence-corrected chi connectivity index (χ4v) is 4.52. The van der Waals surface area contributed by atoms with Crippen LogP contribution in [0.15, 0.2) is 71.2 Å². The second-order valence-corrected chi connectivity index (χ2v) is 9.97. The van der Waals surface area contributed by atoms with Crippen LogP contribution in [0.2, 0.25) is 0 Å². The number of carbonyl (C=O) groups excluding carboxylic acids is 2. The van der Waals surface area contributed by atoms with Gasteiger partial charge in [0.2, 0.25) is 0 Å². The zero-order valence-corrected chi connectivity index (χ0v) is 20.9. The van der Waals surface area contributed by atoms with Crippen molar-refractivity contribution >= 4 is 39.6 Å². The van der Waals surface area contributed by atoms with Gasteiger partial charge in [-0.25, -0.2) is 4.79 Å². The van der Waals surface area contributed by atoms with Gasteiger partial charge in [-0.15, -0.1) is 0 Å². The first-order valence-electron chi connectivity index (χ1n) is 11.1. The van der Waals surface area contributed by atoms with Crippen LogP contribution in [0.1, 0.15) is 41.3 Å². The lowest BCUT2D eigenvalue weighted by Gasteiger charge is -2.19. The first-order valence-corrected chi connectivity index (χ1v) is 11.9. The summed E-state index contributed by atoms with van der Waals surface area (Å²) >= 11 is 3.35. The Balaban J connectivity index is 1.41. The van der Waals surface area contributed by atoms with Gasteiger partial charge in [-0.2, -0.15) is 0 Å². The fourth-order valence-electron chi connectivity index (χ4n) is 4.02. The molecule has 0 aliphatic heterocycles. The van der Waals surface area contributed by atoms with E-state index >= 15 is 0 Å². The standard InChI is InChI=1S/C27H25BrN2O5/c1-27(2,25(32)33)15-29-24(31)16-11-17(28)13-18(12-16)30-26(34)35-14-23-21-9-5-3-7-19(21)20-8-4-6-10-22(20)23/h3-13,23H,14-15H2,1-2H3,(H,29,31)(H,30,34)(H,32,33). The van der Waals surface area contributed by atoms with Gasteiger partial charge in [0.15, 0.2) is 0 Å². The summed E-state index contributed by atoms with van der Waals surface area (Å²) in [5, 5.41) is 14.5. The van der Waals surface area contributed by atoms with Crippen molar-refractivity contribution in [3.05, 3.63) is 87.9 Å². The number of benzene rings is 3. The molecule has 0 unspecified atom stereocenters. The van der Waals surface area contributed by atoms with Gasteiger partial charge in [-0.3, -0.25) is 14.9 Å². The van der Waals surface area contributed by atoms with Crippen LogP contribution in [0, 0.1) is 5.41 Å². The molecule has 7 nitrogen and oxygen atoms in total. The third-order valence-electron chi connectivity index (χ3n) is 6.02. The third-order valence-corrected chi connectivity index (χ3v) is 6.48. The van der Waals surface area contributed by atoms with Crippen LogP contribution in [0.3, 0.4) is 0 Å². The van der Waals surface area contributed by atoms with Crippen LogP contribution in [-0.2, 0) is 9.53 Å². The zero-order chi connectivity index (χ0) is 25.2. The summed E-state index contributed by atoms with van der Waals surface area (Å²) in [6.45, 7) is 3.19. The smallest absolute Gasteiger partial charge is 0.411 e. The van der Waals surface area contributed by atoms with Crippen LogP contribution in [0.25, 0.3) is 11.1 Å². The normalized spacial score (nSPS) is 12.4. The number of carbonyl (C=O) groups is 3. The minimum atomic E-state index is -1.11. The minimum absolute atomic E-state index is 0.0389. The molecule has 2 amide bonds. The van der Waals surface area contributed by atoms with Crippen molar-refractivity contribution in [2.75, 3.05) is 18.5 Å². The van der Waals surface area contributed by atoms with Gasteiger partial charge in [0.1, 0.15) is 6.61 Å². The van der Waals surface area contributed by atoms with Crippen LogP contribution in [0.4, 0.5) is 10.5 Å². The highest BCUT2D eigenvalue weighted by Crippen LogP contribution is 2.44. The number of hydrogen-bond acceptors (Lipinski definition) is 4. The van der Waals surface area contributed by atoms with Crippen LogP contribution in [-0.4, -0.2) is 36.2 Å². The number of amides is 2. The van der Waals surface area contributed by atoms with Gasteiger partial charge < -0.3 is 15.2 Å². The van der Waals surface area contributed by atoms with Gasteiger partial charge in [-0.1, -0.05) is 64.5 Å². The van der Waals surface area contributed by atoms with Gasteiger partial charge >= 0.3 is 12.1 Å². The average Bonchev–Trinajstić information content (AvgIpc) is 3.14. The summed E-state index contributed by atoms with van der Waals surface area (Å²) in [6.07, 6.45) is -0.636. The van der Waals surface area contributed by atoms with Crippen molar-refractivity contribution in [2.45, 2.75) is 19.8 Å². The predicted molar refractivity (Wildman–Crippen MR) is 137 cm³/mol. The van der Waals surface area contributed by atoms with E-state index in [9.17, 15) is 19.5 Å². The second-order valence-electron chi connectivity index (χ2n) is 9.05. The Morgan fingerprint density at radius 3 is 2.17 bits per heavy atom. The molecule has 0 spiro atoms. The fraction of sp³-hybridized carbons (Fsp3) is 0.222. The van der Waals surface area contributed by atoms with E-state index < -0.39 is 23.4 Å². The SMILES string of the molecule is CC(C)(CNC(=O)c1cc(Br)cc(NC(=O)OCC2c3ccccc3-c3ccccc32)c1)C(=O)O. The number of halogens is 1. The van der Waals surface area contributed by atoms with Gasteiger partial charge in [-0.05, 0) is 54.3 Å². The predicted octanol–water partition coefficient (Wildman–Crippen LogP) is 5.65. The van der Waals surface area contributed by atoms with E-state index in [0.717, 1.165) is 22.3 Å². The Morgan fingerprint density at radius 1 is 0.971 bits per heavy atom. The number of nitrogens with one attached hydrogen (secondary N) is 2. The van der Waals surface area contributed by atoms with Crippen molar-refractivity contribution in [2.24, 2.45) is 5.41 Å². The average molecular weight is 537 g/mol. The molecule has 35 heavy (non-hydrogen) atoms. The van der Waals surface area contributed by atoms with E-state index in [0.29, 0.717) is 10.2 Å². The topological polar surface area (TPSA) is 105 Å². The molecule has 0 heterocycles. The van der Waals surface area contributed by atoms with Crippen LogP contribution < -0.4 is 10.6 Å². The molecule has 1 aliphatic carbocycles. The third kappa shape index (κ3) is 5.38. The Hall–Kier alpha value is -3.65. The van der Waals surface area contributed by atoms with E-state index in [4.69, 9.17) is 4.74 Å². The molecule has 0 radical (unpaired) electrons. The number of carboxylic acids is 1. The van der Waals surface area contributed by atoms with Gasteiger partial charge in [0.25, 0.3) is 5.91 Å². The van der Waals surface area contributed by atoms with E-state index in [1.54, 1.807) is 12.1 Å². The number of fused-ring (bicyclic) bond motifs is 3. The molecule has 0 saturated carbocycles. The molecule has 0 fully saturated rings. The molecule has 0 atom stereocenters. The molecule has 4 rings (SSSR count). The summed E-state index contributed by atoms with van der Waals surface area (Å²) in [6, 6.07) is 20.9. The number of aliphatic carboxylic acids is 1. The van der Waals surface area contributed by atoms with E-state index in [-0.39, 0.29) is 24.6 Å². The van der Waals surface area contributed by atoms with Crippen LogP contribution in [0.5, 0.6) is 0 Å². The van der Waals surface area contributed by atoms with E-state index in [2.05, 4.69) is 38.7 Å². The Labute approximate surface area is 211 Å². The minimum Gasteiger partial charge on any atom is -0.481 e. The van der Waals surface area contributed by atoms with Crippen molar-refractivity contribution in [3.63, 3.8) is 0 Å². The monoisotopic (exact) mass is 536 g/mol. The molecule has 3 aromatic rings. The lowest BCUT2D eigenvalue weighted by molar-refractivity contribution is -0.146. The van der Waals surface area contributed by atoms with E-state index in [1.807, 2.05) is 36.4 Å². The molecular weight excluding hydrogens is 512 g/mol. The van der Waals surface area contributed by atoms with Crippen molar-refractivity contribution in [1.82, 2.24) is 5.32 Å². The van der Waals surface area contributed by atoms with Crippen molar-refractivity contribution in [1.29, 1.82) is 0 Å². The highest BCUT2D eigenvalue weighted by atomic mass is 79.9. The number of ether oxygens (including phenoxy) is 1. The van der Waals surface area contributed by atoms with Crippen molar-refractivity contribution < 1.29 is 24.2 Å². The summed E-state index contributed by atoms with van der Waals surface area (Å²) < 4.78 is 6.15. The molecule has 0 aromatic heterocycles. The maximum absolute atomic E-state index is 12.6. The maximum atomic E-state index is 12.6. The number of carboxylic acid groups (broad SMARTS) is 1. The molecule has 8 heteroatoms. The summed E-state index contributed by atoms with van der Waals surface area (Å²) in [5.74, 6) is -1.52. The summed E-state index contributed by atoms with van der Waals surface area (Å²) in [7, 11) is 0. The molecule has 3 aromatic carbocycles. The van der Waals surface area contributed by atoms with E-state index in [1.165, 1.54) is 19.9 Å². The second kappa shape index (κ2) is 9.92. The molecular formula is C27H25BrN2O5. The molecule has 0 bridgehead atoms. The van der Waals surface area contributed by atoms with Crippen LogP contribution >= 0.6 is 15.9 Å². The van der Waals surface area contributed by atoms with Crippen molar-refractivity contribution in [3.8, 4) is 11.1 Å². The number of anilines is 1. The highest BCUT2D eigenvalue weighted by molar-refractivity contribution is 9.10. The summed E-state index contributed by atoms with van der Waals surface area (Å²) in [5.41, 5.74) is 4.06. The lowest BCUT2D eigenvalue weighted by atomic mass is 9.94. The molecule has 1 aliphatic rings. The zero-order valence-electron chi connectivity index (χ0n) is 19.3. The molecule has 3 N–H and O–H groups in total. The Morgan fingerprint density at radius 2 is 1.57 bits per heavy atom. The molecule has 180 valence electrons. The first kappa shape index (κ1) is 24.5. The highest BCUT2D eigenvalue weighted by Gasteiger charge is 2.29. The molecule has 0 saturated heterocycles. The van der Waals surface area contributed by atoms with Gasteiger partial charge in [0.05, 0.1) is 5.41 Å². The first-order chi connectivity index (χ1) is 16.7. The van der Waals surface area contributed by atoms with Gasteiger partial charge in [0, 0.05) is 28.2 Å². The quantitative estimate of drug-likeness (QED) is 0.361. The largest absolute Gasteiger partial charge is 0.481 e.